The minimum atomic E-state index is -0.319. The fourth-order valence-corrected chi connectivity index (χ4v) is 4.26. The van der Waals surface area contributed by atoms with Crippen LogP contribution in [0.15, 0.2) is 16.9 Å². The molecular weight excluding hydrogens is 345 g/mol. The third-order valence-corrected chi connectivity index (χ3v) is 6.00. The lowest BCUT2D eigenvalue weighted by Gasteiger charge is -2.34. The minimum Gasteiger partial charge on any atom is -0.353 e. The number of rotatable bonds is 4. The average Bonchev–Trinajstić information content (AvgIpc) is 2.62. The van der Waals surface area contributed by atoms with Crippen molar-refractivity contribution in [2.75, 3.05) is 13.1 Å². The van der Waals surface area contributed by atoms with Crippen molar-refractivity contribution in [1.82, 2.24) is 15.6 Å². The van der Waals surface area contributed by atoms with E-state index in [-0.39, 0.29) is 29.7 Å². The second-order valence-corrected chi connectivity index (χ2v) is 7.82. The Labute approximate surface area is 158 Å². The highest BCUT2D eigenvalue weighted by Crippen LogP contribution is 2.24. The van der Waals surface area contributed by atoms with Crippen LogP contribution in [0.4, 0.5) is 4.39 Å². The molecule has 1 amide bonds. The van der Waals surface area contributed by atoms with Crippen LogP contribution in [-0.4, -0.2) is 30.0 Å². The molecule has 2 unspecified atom stereocenters. The standard InChI is InChI=1S/C21H28FN3O2/c1-11-7-8-23-10-16(11)14(4)24-19(26)9-15-12(2)20-13(3)17(22)5-6-18(20)25-21(15)27/h5-6,11,14,16,23H,7-10H2,1-4H3,(H,24,26)(H,25,27)/t11?,14-,16?/m1/s1. The van der Waals surface area contributed by atoms with Gasteiger partial charge in [-0.2, -0.15) is 0 Å². The van der Waals surface area contributed by atoms with Gasteiger partial charge in [0.1, 0.15) is 5.82 Å². The summed E-state index contributed by atoms with van der Waals surface area (Å²) in [5, 5.41) is 7.10. The number of benzene rings is 1. The monoisotopic (exact) mass is 373 g/mol. The number of H-pyrrole nitrogens is 1. The first-order valence-electron chi connectivity index (χ1n) is 9.60. The number of hydrogen-bond donors (Lipinski definition) is 3. The van der Waals surface area contributed by atoms with Crippen LogP contribution in [-0.2, 0) is 11.2 Å². The largest absolute Gasteiger partial charge is 0.353 e. The third kappa shape index (κ3) is 3.90. The number of aromatic nitrogens is 1. The van der Waals surface area contributed by atoms with Crippen molar-refractivity contribution in [2.24, 2.45) is 11.8 Å². The number of aromatic amines is 1. The Balaban J connectivity index is 1.82. The topological polar surface area (TPSA) is 74.0 Å². The maximum Gasteiger partial charge on any atom is 0.252 e. The number of carbonyl (C=O) groups is 1. The molecule has 146 valence electrons. The summed E-state index contributed by atoms with van der Waals surface area (Å²) in [7, 11) is 0. The van der Waals surface area contributed by atoms with Crippen molar-refractivity contribution in [1.29, 1.82) is 0 Å². The summed E-state index contributed by atoms with van der Waals surface area (Å²) in [5.74, 6) is 0.413. The first-order valence-corrected chi connectivity index (χ1v) is 9.60. The molecule has 1 aromatic heterocycles. The van der Waals surface area contributed by atoms with Crippen LogP contribution in [0, 0.1) is 31.5 Å². The molecule has 1 saturated heterocycles. The van der Waals surface area contributed by atoms with Gasteiger partial charge in [-0.1, -0.05) is 6.92 Å². The lowest BCUT2D eigenvalue weighted by atomic mass is 9.83. The van der Waals surface area contributed by atoms with E-state index in [0.717, 1.165) is 19.5 Å². The fourth-order valence-electron chi connectivity index (χ4n) is 4.26. The number of carbonyl (C=O) groups excluding carboxylic acids is 1. The van der Waals surface area contributed by atoms with Gasteiger partial charge in [0.15, 0.2) is 0 Å². The summed E-state index contributed by atoms with van der Waals surface area (Å²) in [5.41, 5.74) is 1.85. The Morgan fingerprint density at radius 1 is 1.33 bits per heavy atom. The van der Waals surface area contributed by atoms with Crippen LogP contribution in [0.5, 0.6) is 0 Å². The first kappa shape index (κ1) is 19.5. The van der Waals surface area contributed by atoms with Gasteiger partial charge < -0.3 is 15.6 Å². The summed E-state index contributed by atoms with van der Waals surface area (Å²) >= 11 is 0. The highest BCUT2D eigenvalue weighted by atomic mass is 19.1. The summed E-state index contributed by atoms with van der Waals surface area (Å²) in [6.45, 7) is 9.60. The molecule has 3 rings (SSSR count). The molecule has 0 saturated carbocycles. The molecule has 5 nitrogen and oxygen atoms in total. The van der Waals surface area contributed by atoms with Crippen molar-refractivity contribution in [3.63, 3.8) is 0 Å². The molecule has 27 heavy (non-hydrogen) atoms. The minimum absolute atomic E-state index is 0.00801. The smallest absolute Gasteiger partial charge is 0.252 e. The number of piperidine rings is 1. The summed E-state index contributed by atoms with van der Waals surface area (Å²) in [6, 6.07) is 2.94. The van der Waals surface area contributed by atoms with Gasteiger partial charge in [-0.15, -0.1) is 0 Å². The Bertz CT molecular complexity index is 922. The molecule has 1 aliphatic heterocycles. The molecule has 1 aromatic carbocycles. The number of amides is 1. The Morgan fingerprint density at radius 2 is 2.07 bits per heavy atom. The summed E-state index contributed by atoms with van der Waals surface area (Å²) in [6.07, 6.45) is 1.09. The lowest BCUT2D eigenvalue weighted by Crippen LogP contribution is -2.48. The second kappa shape index (κ2) is 7.80. The lowest BCUT2D eigenvalue weighted by molar-refractivity contribution is -0.121. The van der Waals surface area contributed by atoms with Gasteiger partial charge in [-0.05, 0) is 68.8 Å². The van der Waals surface area contributed by atoms with Gasteiger partial charge in [0, 0.05) is 29.1 Å². The number of aryl methyl sites for hydroxylation is 2. The van der Waals surface area contributed by atoms with E-state index in [1.54, 1.807) is 19.9 Å². The zero-order chi connectivity index (χ0) is 19.7. The molecule has 3 atom stereocenters. The molecule has 0 radical (unpaired) electrons. The molecular formula is C21H28FN3O2. The predicted molar refractivity (Wildman–Crippen MR) is 105 cm³/mol. The van der Waals surface area contributed by atoms with Crippen molar-refractivity contribution in [3.05, 3.63) is 45.0 Å². The van der Waals surface area contributed by atoms with Gasteiger partial charge in [0.05, 0.1) is 6.42 Å². The molecule has 0 aliphatic carbocycles. The highest BCUT2D eigenvalue weighted by molar-refractivity contribution is 5.88. The van der Waals surface area contributed by atoms with E-state index in [4.69, 9.17) is 0 Å². The fraction of sp³-hybridized carbons (Fsp3) is 0.524. The van der Waals surface area contributed by atoms with Crippen molar-refractivity contribution in [2.45, 2.75) is 46.6 Å². The Morgan fingerprint density at radius 3 is 2.78 bits per heavy atom. The molecule has 1 fully saturated rings. The predicted octanol–water partition coefficient (Wildman–Crippen LogP) is 2.58. The van der Waals surface area contributed by atoms with E-state index in [2.05, 4.69) is 22.5 Å². The SMILES string of the molecule is Cc1c(F)ccc2[nH]c(=O)c(CC(=O)N[C@H](C)C3CNCCC3C)c(C)c12. The van der Waals surface area contributed by atoms with Crippen LogP contribution in [0.25, 0.3) is 10.9 Å². The Kier molecular flexibility index (Phi) is 5.65. The van der Waals surface area contributed by atoms with Crippen LogP contribution in [0.3, 0.4) is 0 Å². The maximum atomic E-state index is 14.0. The van der Waals surface area contributed by atoms with E-state index < -0.39 is 0 Å². The third-order valence-electron chi connectivity index (χ3n) is 6.00. The Hall–Kier alpha value is -2.21. The van der Waals surface area contributed by atoms with E-state index in [0.29, 0.717) is 39.4 Å². The molecule has 3 N–H and O–H groups in total. The van der Waals surface area contributed by atoms with Crippen molar-refractivity contribution < 1.29 is 9.18 Å². The van der Waals surface area contributed by atoms with Crippen LogP contribution < -0.4 is 16.2 Å². The number of pyridine rings is 1. The van der Waals surface area contributed by atoms with Crippen molar-refractivity contribution in [3.8, 4) is 0 Å². The van der Waals surface area contributed by atoms with Gasteiger partial charge in [-0.25, -0.2) is 4.39 Å². The van der Waals surface area contributed by atoms with Gasteiger partial charge in [-0.3, -0.25) is 9.59 Å². The first-order chi connectivity index (χ1) is 12.8. The van der Waals surface area contributed by atoms with Gasteiger partial charge >= 0.3 is 0 Å². The number of halogens is 1. The zero-order valence-corrected chi connectivity index (χ0v) is 16.4. The molecule has 2 heterocycles. The number of hydrogen-bond acceptors (Lipinski definition) is 3. The number of fused-ring (bicyclic) bond motifs is 1. The van der Waals surface area contributed by atoms with Gasteiger partial charge in [0.25, 0.3) is 5.56 Å². The van der Waals surface area contributed by atoms with Crippen LogP contribution in [0.1, 0.15) is 37.0 Å². The van der Waals surface area contributed by atoms with Crippen molar-refractivity contribution >= 4 is 16.8 Å². The zero-order valence-electron chi connectivity index (χ0n) is 16.4. The van der Waals surface area contributed by atoms with Crippen LogP contribution in [0.2, 0.25) is 0 Å². The van der Waals surface area contributed by atoms with E-state index in [1.165, 1.54) is 6.07 Å². The normalized spacial score (nSPS) is 21.2. The molecule has 2 aromatic rings. The average molecular weight is 373 g/mol. The molecule has 0 spiro atoms. The number of nitrogens with one attached hydrogen (secondary N) is 3. The molecule has 6 heteroatoms. The highest BCUT2D eigenvalue weighted by Gasteiger charge is 2.27. The summed E-state index contributed by atoms with van der Waals surface area (Å²) in [4.78, 5) is 27.9. The maximum absolute atomic E-state index is 14.0. The van der Waals surface area contributed by atoms with E-state index in [1.807, 2.05) is 6.92 Å². The van der Waals surface area contributed by atoms with Crippen LogP contribution >= 0.6 is 0 Å². The second-order valence-electron chi connectivity index (χ2n) is 7.82. The van der Waals surface area contributed by atoms with E-state index >= 15 is 0 Å². The molecule has 0 bridgehead atoms. The molecule has 1 aliphatic rings. The summed E-state index contributed by atoms with van der Waals surface area (Å²) < 4.78 is 14.0. The quantitative estimate of drug-likeness (QED) is 0.771. The van der Waals surface area contributed by atoms with E-state index in [9.17, 15) is 14.0 Å². The van der Waals surface area contributed by atoms with Gasteiger partial charge in [0.2, 0.25) is 5.91 Å².